The molecule has 3 aromatic rings. The molecule has 4 rings (SSSR count). The highest BCUT2D eigenvalue weighted by atomic mass is 32.2. The van der Waals surface area contributed by atoms with Gasteiger partial charge in [0.25, 0.3) is 5.89 Å². The quantitative estimate of drug-likeness (QED) is 0.443. The highest BCUT2D eigenvalue weighted by molar-refractivity contribution is 7.92. The second-order valence-corrected chi connectivity index (χ2v) is 10.1. The van der Waals surface area contributed by atoms with Crippen LogP contribution >= 0.6 is 0 Å². The van der Waals surface area contributed by atoms with Crippen LogP contribution in [0.2, 0.25) is 0 Å². The molecule has 0 saturated carbocycles. The van der Waals surface area contributed by atoms with E-state index in [1.807, 2.05) is 0 Å². The Morgan fingerprint density at radius 2 is 1.97 bits per heavy atom. The number of hydrogen-bond donors (Lipinski definition) is 1. The van der Waals surface area contributed by atoms with Crippen molar-refractivity contribution >= 4 is 21.6 Å². The number of anilines is 1. The molecule has 1 saturated heterocycles. The highest BCUT2D eigenvalue weighted by Crippen LogP contribution is 2.25. The van der Waals surface area contributed by atoms with E-state index in [9.17, 15) is 22.0 Å². The fourth-order valence-electron chi connectivity index (χ4n) is 3.93. The number of carbonyl (C=O) groups excluding carboxylic acids is 1. The van der Waals surface area contributed by atoms with E-state index in [0.29, 0.717) is 29.9 Å². The fourth-order valence-corrected chi connectivity index (χ4v) is 5.39. The second-order valence-electron chi connectivity index (χ2n) is 8.04. The SMILES string of the molecule is NC(=O)C1CCCN1CCS(=O)(=O)N(Cc1ccc(-c2nnc(C(F)F)o2)cn1)c1ccccc1. The Morgan fingerprint density at radius 1 is 1.20 bits per heavy atom. The molecule has 1 fully saturated rings. The molecule has 0 aliphatic carbocycles. The molecule has 1 aromatic carbocycles. The molecule has 1 aliphatic heterocycles. The summed E-state index contributed by atoms with van der Waals surface area (Å²) in [6.45, 7) is 0.730. The Morgan fingerprint density at radius 3 is 2.60 bits per heavy atom. The number of para-hydroxylation sites is 1. The molecule has 10 nitrogen and oxygen atoms in total. The van der Waals surface area contributed by atoms with Crippen LogP contribution in [-0.4, -0.2) is 59.3 Å². The Hall–Kier alpha value is -3.45. The van der Waals surface area contributed by atoms with Gasteiger partial charge in [-0.15, -0.1) is 10.2 Å². The monoisotopic (exact) mass is 506 g/mol. The van der Waals surface area contributed by atoms with Crippen molar-refractivity contribution in [1.82, 2.24) is 20.1 Å². The third-order valence-electron chi connectivity index (χ3n) is 5.71. The first-order valence-electron chi connectivity index (χ1n) is 10.9. The number of benzene rings is 1. The lowest BCUT2D eigenvalue weighted by Crippen LogP contribution is -2.44. The van der Waals surface area contributed by atoms with Gasteiger partial charge in [-0.2, -0.15) is 8.78 Å². The number of nitrogens with zero attached hydrogens (tertiary/aromatic N) is 5. The van der Waals surface area contributed by atoms with Gasteiger partial charge < -0.3 is 10.2 Å². The third kappa shape index (κ3) is 5.80. The normalized spacial score (nSPS) is 16.6. The summed E-state index contributed by atoms with van der Waals surface area (Å²) in [5.41, 5.74) is 6.66. The van der Waals surface area contributed by atoms with Gasteiger partial charge in [0.2, 0.25) is 21.8 Å². The number of rotatable bonds is 10. The predicted octanol–water partition coefficient (Wildman–Crippen LogP) is 2.36. The molecule has 0 spiro atoms. The van der Waals surface area contributed by atoms with E-state index >= 15 is 0 Å². The fraction of sp³-hybridized carbons (Fsp3) is 0.364. The van der Waals surface area contributed by atoms with Crippen LogP contribution in [0.4, 0.5) is 14.5 Å². The zero-order chi connectivity index (χ0) is 25.0. The Bertz CT molecular complexity index is 1250. The van der Waals surface area contributed by atoms with Gasteiger partial charge in [0.1, 0.15) is 0 Å². The van der Waals surface area contributed by atoms with E-state index in [0.717, 1.165) is 6.42 Å². The molecular formula is C22H24F2N6O4S. The average molecular weight is 507 g/mol. The molecule has 1 atom stereocenters. The topological polar surface area (TPSA) is 136 Å². The lowest BCUT2D eigenvalue weighted by Gasteiger charge is -2.27. The van der Waals surface area contributed by atoms with Gasteiger partial charge in [0.05, 0.1) is 35.3 Å². The van der Waals surface area contributed by atoms with E-state index in [1.165, 1.54) is 10.5 Å². The zero-order valence-electron chi connectivity index (χ0n) is 18.6. The Labute approximate surface area is 200 Å². The van der Waals surface area contributed by atoms with Crippen LogP contribution in [0, 0.1) is 0 Å². The van der Waals surface area contributed by atoms with Crippen molar-refractivity contribution in [3.05, 3.63) is 60.2 Å². The maximum Gasteiger partial charge on any atom is 0.314 e. The number of hydrogen-bond acceptors (Lipinski definition) is 8. The van der Waals surface area contributed by atoms with Gasteiger partial charge in [0.15, 0.2) is 0 Å². The first-order chi connectivity index (χ1) is 16.7. The van der Waals surface area contributed by atoms with Crippen molar-refractivity contribution < 1.29 is 26.4 Å². The predicted molar refractivity (Wildman–Crippen MR) is 123 cm³/mol. The maximum atomic E-state index is 13.4. The summed E-state index contributed by atoms with van der Waals surface area (Å²) in [5.74, 6) is -1.56. The molecule has 1 aliphatic rings. The summed E-state index contributed by atoms with van der Waals surface area (Å²) in [5, 5.41) is 6.87. The van der Waals surface area contributed by atoms with Crippen molar-refractivity contribution in [2.75, 3.05) is 23.1 Å². The summed E-state index contributed by atoms with van der Waals surface area (Å²) in [7, 11) is -3.80. The van der Waals surface area contributed by atoms with Crippen LogP contribution in [0.15, 0.2) is 53.1 Å². The summed E-state index contributed by atoms with van der Waals surface area (Å²) in [6.07, 6.45) is -0.125. The minimum Gasteiger partial charge on any atom is -0.415 e. The Kier molecular flexibility index (Phi) is 7.36. The van der Waals surface area contributed by atoms with Gasteiger partial charge in [-0.25, -0.2) is 8.42 Å². The molecule has 2 aromatic heterocycles. The van der Waals surface area contributed by atoms with Crippen LogP contribution < -0.4 is 10.0 Å². The molecule has 13 heteroatoms. The number of primary amides is 1. The van der Waals surface area contributed by atoms with Crippen molar-refractivity contribution in [2.45, 2.75) is 31.9 Å². The highest BCUT2D eigenvalue weighted by Gasteiger charge is 2.31. The average Bonchev–Trinajstić information content (AvgIpc) is 3.52. The number of alkyl halides is 2. The van der Waals surface area contributed by atoms with E-state index in [1.54, 1.807) is 47.4 Å². The van der Waals surface area contributed by atoms with Gasteiger partial charge >= 0.3 is 6.43 Å². The molecule has 1 amide bonds. The van der Waals surface area contributed by atoms with Gasteiger partial charge in [0, 0.05) is 12.7 Å². The number of carbonyl (C=O) groups is 1. The minimum absolute atomic E-state index is 0.0575. The Balaban J connectivity index is 1.52. The van der Waals surface area contributed by atoms with Crippen LogP contribution in [0.1, 0.15) is 30.9 Å². The number of pyridine rings is 1. The summed E-state index contributed by atoms with van der Waals surface area (Å²) in [6, 6.07) is 11.2. The van der Waals surface area contributed by atoms with Crippen LogP contribution in [-0.2, 0) is 21.4 Å². The smallest absolute Gasteiger partial charge is 0.314 e. The lowest BCUT2D eigenvalue weighted by molar-refractivity contribution is -0.122. The van der Waals surface area contributed by atoms with Crippen LogP contribution in [0.25, 0.3) is 11.5 Å². The number of halogens is 2. The molecule has 0 radical (unpaired) electrons. The van der Waals surface area contributed by atoms with E-state index in [4.69, 9.17) is 10.2 Å². The van der Waals surface area contributed by atoms with Gasteiger partial charge in [-0.1, -0.05) is 18.2 Å². The van der Waals surface area contributed by atoms with Crippen molar-refractivity contribution in [2.24, 2.45) is 5.73 Å². The number of aromatic nitrogens is 3. The number of sulfonamides is 1. The van der Waals surface area contributed by atoms with Crippen molar-refractivity contribution in [3.8, 4) is 11.5 Å². The van der Waals surface area contributed by atoms with Crippen molar-refractivity contribution in [1.29, 1.82) is 0 Å². The number of nitrogens with two attached hydrogens (primary N) is 1. The van der Waals surface area contributed by atoms with Crippen molar-refractivity contribution in [3.63, 3.8) is 0 Å². The number of likely N-dealkylation sites (tertiary alicyclic amines) is 1. The molecule has 3 heterocycles. The third-order valence-corrected chi connectivity index (χ3v) is 7.42. The summed E-state index contributed by atoms with van der Waals surface area (Å²) >= 11 is 0. The molecule has 1 unspecified atom stereocenters. The van der Waals surface area contributed by atoms with Crippen LogP contribution in [0.3, 0.4) is 0 Å². The zero-order valence-corrected chi connectivity index (χ0v) is 19.4. The minimum atomic E-state index is -3.80. The van der Waals surface area contributed by atoms with E-state index in [-0.39, 0.29) is 24.7 Å². The summed E-state index contributed by atoms with van der Waals surface area (Å²) in [4.78, 5) is 17.7. The first-order valence-corrected chi connectivity index (χ1v) is 12.5. The molecule has 2 N–H and O–H groups in total. The first kappa shape index (κ1) is 24.7. The maximum absolute atomic E-state index is 13.4. The second kappa shape index (κ2) is 10.4. The van der Waals surface area contributed by atoms with Crippen LogP contribution in [0.5, 0.6) is 0 Å². The molecular weight excluding hydrogens is 482 g/mol. The van der Waals surface area contributed by atoms with E-state index in [2.05, 4.69) is 15.2 Å². The molecule has 35 heavy (non-hydrogen) atoms. The largest absolute Gasteiger partial charge is 0.415 e. The number of amides is 1. The lowest BCUT2D eigenvalue weighted by atomic mass is 10.2. The molecule has 0 bridgehead atoms. The molecule has 186 valence electrons. The van der Waals surface area contributed by atoms with Gasteiger partial charge in [-0.05, 0) is 43.7 Å². The van der Waals surface area contributed by atoms with Gasteiger partial charge in [-0.3, -0.25) is 19.0 Å². The van der Waals surface area contributed by atoms with E-state index < -0.39 is 34.3 Å². The summed E-state index contributed by atoms with van der Waals surface area (Å²) < 4.78 is 58.3. The standard InChI is InChI=1S/C22H24F2N6O4S/c23-19(24)22-28-27-21(34-22)15-8-9-16(26-13-15)14-30(17-5-2-1-3-6-17)35(32,33)12-11-29-10-4-7-18(29)20(25)31/h1-3,5-6,8-9,13,18-19H,4,7,10-12,14H2,(H2,25,31).